The summed E-state index contributed by atoms with van der Waals surface area (Å²) >= 11 is 1.87. The first kappa shape index (κ1) is 12.6. The first-order chi connectivity index (χ1) is 8.80. The third-order valence-corrected chi connectivity index (χ3v) is 5.07. The second-order valence-corrected chi connectivity index (χ2v) is 6.78. The van der Waals surface area contributed by atoms with E-state index in [4.69, 9.17) is 4.74 Å². The normalized spacial score (nSPS) is 23.6. The van der Waals surface area contributed by atoms with Crippen molar-refractivity contribution in [3.8, 4) is 0 Å². The Labute approximate surface area is 113 Å². The van der Waals surface area contributed by atoms with Gasteiger partial charge in [-0.1, -0.05) is 6.07 Å². The van der Waals surface area contributed by atoms with Crippen LogP contribution in [0.4, 0.5) is 0 Å². The van der Waals surface area contributed by atoms with Crippen LogP contribution in [-0.4, -0.2) is 56.2 Å². The lowest BCUT2D eigenvalue weighted by molar-refractivity contribution is 0.00145. The lowest BCUT2D eigenvalue weighted by Gasteiger charge is -2.48. The number of ether oxygens (including phenoxy) is 1. The molecule has 1 aromatic heterocycles. The average molecular weight is 266 g/mol. The van der Waals surface area contributed by atoms with E-state index >= 15 is 0 Å². The lowest BCUT2D eigenvalue weighted by Crippen LogP contribution is -2.56. The molecule has 0 aromatic carbocycles. The van der Waals surface area contributed by atoms with Gasteiger partial charge in [-0.15, -0.1) is 11.3 Å². The van der Waals surface area contributed by atoms with Crippen LogP contribution >= 0.6 is 11.3 Å². The predicted molar refractivity (Wildman–Crippen MR) is 75.0 cm³/mol. The van der Waals surface area contributed by atoms with Crippen molar-refractivity contribution < 1.29 is 4.74 Å². The van der Waals surface area contributed by atoms with E-state index in [2.05, 4.69) is 27.3 Å². The van der Waals surface area contributed by atoms with Gasteiger partial charge in [0.25, 0.3) is 0 Å². The standard InChI is InChI=1S/C14H22N2OS/c1-17-7-6-15-5-4-14(10-15)11-16(12-14)9-13-3-2-8-18-13/h2-3,8H,4-7,9-12H2,1H3. The molecule has 18 heavy (non-hydrogen) atoms. The Balaban J connectivity index is 1.44. The Morgan fingerprint density at radius 3 is 2.89 bits per heavy atom. The van der Waals surface area contributed by atoms with Crippen LogP contribution in [0.1, 0.15) is 11.3 Å². The highest BCUT2D eigenvalue weighted by Gasteiger charge is 2.46. The van der Waals surface area contributed by atoms with Crippen molar-refractivity contribution in [3.05, 3.63) is 22.4 Å². The molecule has 0 unspecified atom stereocenters. The van der Waals surface area contributed by atoms with Crippen molar-refractivity contribution in [1.29, 1.82) is 0 Å². The fraction of sp³-hybridized carbons (Fsp3) is 0.714. The third-order valence-electron chi connectivity index (χ3n) is 4.21. The summed E-state index contributed by atoms with van der Waals surface area (Å²) in [6.07, 6.45) is 1.37. The summed E-state index contributed by atoms with van der Waals surface area (Å²) in [7, 11) is 1.79. The van der Waals surface area contributed by atoms with Crippen molar-refractivity contribution in [2.24, 2.45) is 5.41 Å². The lowest BCUT2D eigenvalue weighted by atomic mass is 9.79. The highest BCUT2D eigenvalue weighted by atomic mass is 32.1. The van der Waals surface area contributed by atoms with Gasteiger partial charge in [0.1, 0.15) is 0 Å². The van der Waals surface area contributed by atoms with Gasteiger partial charge in [0.15, 0.2) is 0 Å². The molecule has 3 nitrogen and oxygen atoms in total. The van der Waals surface area contributed by atoms with Gasteiger partial charge in [0.05, 0.1) is 6.61 Å². The minimum atomic E-state index is 0.602. The zero-order valence-corrected chi connectivity index (χ0v) is 11.9. The Bertz CT molecular complexity index is 373. The number of thiophene rings is 1. The molecule has 4 heteroatoms. The molecule has 0 aliphatic carbocycles. The second kappa shape index (κ2) is 5.29. The summed E-state index contributed by atoms with van der Waals surface area (Å²) in [6, 6.07) is 4.40. The van der Waals surface area contributed by atoms with Crippen LogP contribution in [0.2, 0.25) is 0 Å². The maximum absolute atomic E-state index is 5.16. The molecule has 0 amide bonds. The van der Waals surface area contributed by atoms with E-state index in [0.29, 0.717) is 5.41 Å². The minimum Gasteiger partial charge on any atom is -0.383 e. The van der Waals surface area contributed by atoms with E-state index < -0.39 is 0 Å². The van der Waals surface area contributed by atoms with Crippen molar-refractivity contribution >= 4 is 11.3 Å². The van der Waals surface area contributed by atoms with E-state index in [9.17, 15) is 0 Å². The summed E-state index contributed by atoms with van der Waals surface area (Å²) in [5.41, 5.74) is 0.602. The van der Waals surface area contributed by atoms with Crippen LogP contribution in [0.15, 0.2) is 17.5 Å². The highest BCUT2D eigenvalue weighted by Crippen LogP contribution is 2.40. The zero-order valence-electron chi connectivity index (χ0n) is 11.1. The molecule has 0 atom stereocenters. The highest BCUT2D eigenvalue weighted by molar-refractivity contribution is 7.09. The van der Waals surface area contributed by atoms with Crippen LogP contribution in [0.5, 0.6) is 0 Å². The van der Waals surface area contributed by atoms with Crippen LogP contribution in [0, 0.1) is 5.41 Å². The van der Waals surface area contributed by atoms with Gasteiger partial charge in [-0.25, -0.2) is 0 Å². The van der Waals surface area contributed by atoms with Crippen LogP contribution in [0.3, 0.4) is 0 Å². The average Bonchev–Trinajstić information content (AvgIpc) is 2.95. The Kier molecular flexibility index (Phi) is 3.71. The molecule has 0 bridgehead atoms. The molecule has 100 valence electrons. The molecule has 1 spiro atoms. The molecule has 2 saturated heterocycles. The molecule has 2 aliphatic heterocycles. The Hall–Kier alpha value is -0.420. The minimum absolute atomic E-state index is 0.602. The van der Waals surface area contributed by atoms with E-state index in [-0.39, 0.29) is 0 Å². The predicted octanol–water partition coefficient (Wildman–Crippen LogP) is 1.90. The number of likely N-dealkylation sites (tertiary alicyclic amines) is 2. The summed E-state index contributed by atoms with van der Waals surface area (Å²) in [5.74, 6) is 0. The van der Waals surface area contributed by atoms with Gasteiger partial charge >= 0.3 is 0 Å². The molecule has 2 fully saturated rings. The topological polar surface area (TPSA) is 15.7 Å². The van der Waals surface area contributed by atoms with Gasteiger partial charge in [-0.05, 0) is 24.4 Å². The van der Waals surface area contributed by atoms with Gasteiger partial charge in [-0.2, -0.15) is 0 Å². The van der Waals surface area contributed by atoms with E-state index in [0.717, 1.165) is 19.7 Å². The smallest absolute Gasteiger partial charge is 0.0589 e. The van der Waals surface area contributed by atoms with Crippen molar-refractivity contribution in [2.75, 3.05) is 46.4 Å². The molecule has 1 aromatic rings. The first-order valence-corrected chi connectivity index (χ1v) is 7.64. The monoisotopic (exact) mass is 266 g/mol. The molecule has 0 saturated carbocycles. The Morgan fingerprint density at radius 2 is 2.17 bits per heavy atom. The van der Waals surface area contributed by atoms with E-state index in [1.165, 1.54) is 37.5 Å². The summed E-state index contributed by atoms with van der Waals surface area (Å²) in [5, 5.41) is 2.17. The Morgan fingerprint density at radius 1 is 1.33 bits per heavy atom. The number of nitrogens with zero attached hydrogens (tertiary/aromatic N) is 2. The third kappa shape index (κ3) is 2.62. The molecular weight excluding hydrogens is 244 g/mol. The molecular formula is C14H22N2OS. The van der Waals surface area contributed by atoms with Crippen LogP contribution in [-0.2, 0) is 11.3 Å². The molecule has 3 rings (SSSR count). The quantitative estimate of drug-likeness (QED) is 0.809. The van der Waals surface area contributed by atoms with Crippen molar-refractivity contribution in [1.82, 2.24) is 9.80 Å². The van der Waals surface area contributed by atoms with Crippen LogP contribution in [0.25, 0.3) is 0 Å². The SMILES string of the molecule is COCCN1CCC2(C1)CN(Cc1cccs1)C2. The van der Waals surface area contributed by atoms with Gasteiger partial charge in [0.2, 0.25) is 0 Å². The summed E-state index contributed by atoms with van der Waals surface area (Å²) < 4.78 is 5.16. The number of hydrogen-bond acceptors (Lipinski definition) is 4. The largest absolute Gasteiger partial charge is 0.383 e. The van der Waals surface area contributed by atoms with Crippen molar-refractivity contribution in [2.45, 2.75) is 13.0 Å². The maximum atomic E-state index is 5.16. The van der Waals surface area contributed by atoms with Crippen molar-refractivity contribution in [3.63, 3.8) is 0 Å². The van der Waals surface area contributed by atoms with Gasteiger partial charge < -0.3 is 9.64 Å². The fourth-order valence-electron chi connectivity index (χ4n) is 3.33. The molecule has 2 aliphatic rings. The molecule has 0 N–H and O–H groups in total. The summed E-state index contributed by atoms with van der Waals surface area (Å²) in [6.45, 7) is 8.23. The van der Waals surface area contributed by atoms with E-state index in [1.807, 2.05) is 11.3 Å². The second-order valence-electron chi connectivity index (χ2n) is 5.74. The fourth-order valence-corrected chi connectivity index (χ4v) is 4.08. The first-order valence-electron chi connectivity index (χ1n) is 6.76. The van der Waals surface area contributed by atoms with E-state index in [1.54, 1.807) is 7.11 Å². The van der Waals surface area contributed by atoms with Gasteiger partial charge in [-0.3, -0.25) is 4.90 Å². The molecule has 3 heterocycles. The summed E-state index contributed by atoms with van der Waals surface area (Å²) in [4.78, 5) is 6.65. The number of methoxy groups -OCH3 is 1. The van der Waals surface area contributed by atoms with Gasteiger partial charge in [0, 0.05) is 50.1 Å². The number of rotatable bonds is 5. The zero-order chi connectivity index (χ0) is 12.4. The number of hydrogen-bond donors (Lipinski definition) is 0. The van der Waals surface area contributed by atoms with Crippen LogP contribution < -0.4 is 0 Å². The maximum Gasteiger partial charge on any atom is 0.0589 e. The molecule has 0 radical (unpaired) electrons.